The van der Waals surface area contributed by atoms with Gasteiger partial charge < -0.3 is 26.0 Å². The standard InChI is InChI=1S/C11H19N5O4/c1-6(2)3-7(10(17)18)14-11(19)13-5-9-15-8(4-12)16-20-9/h6-7H,3-5,12H2,1-2H3,(H,17,18)(H2,13,14,19). The van der Waals surface area contributed by atoms with Gasteiger partial charge in [-0.3, -0.25) is 0 Å². The summed E-state index contributed by atoms with van der Waals surface area (Å²) in [7, 11) is 0. The molecule has 0 bridgehead atoms. The largest absolute Gasteiger partial charge is 0.480 e. The molecule has 0 spiro atoms. The van der Waals surface area contributed by atoms with E-state index in [1.54, 1.807) is 0 Å². The molecule has 5 N–H and O–H groups in total. The van der Waals surface area contributed by atoms with Crippen molar-refractivity contribution in [1.29, 1.82) is 0 Å². The number of carboxylic acids is 1. The third kappa shape index (κ3) is 5.22. The lowest BCUT2D eigenvalue weighted by molar-refractivity contribution is -0.139. The second kappa shape index (κ2) is 7.43. The van der Waals surface area contributed by atoms with E-state index in [0.717, 1.165) is 0 Å². The van der Waals surface area contributed by atoms with Gasteiger partial charge in [0.2, 0.25) is 5.89 Å². The highest BCUT2D eigenvalue weighted by Gasteiger charge is 2.21. The van der Waals surface area contributed by atoms with Crippen molar-refractivity contribution < 1.29 is 19.2 Å². The van der Waals surface area contributed by atoms with E-state index in [0.29, 0.717) is 12.2 Å². The smallest absolute Gasteiger partial charge is 0.326 e. The average molecular weight is 285 g/mol. The molecule has 0 fully saturated rings. The molecule has 0 aliphatic carbocycles. The topological polar surface area (TPSA) is 143 Å². The predicted octanol–water partition coefficient (Wildman–Crippen LogP) is -0.173. The van der Waals surface area contributed by atoms with E-state index in [4.69, 9.17) is 15.4 Å². The van der Waals surface area contributed by atoms with Crippen LogP contribution in [0.3, 0.4) is 0 Å². The maximum Gasteiger partial charge on any atom is 0.326 e. The Bertz CT molecular complexity index is 459. The normalized spacial score (nSPS) is 12.2. The second-order valence-electron chi connectivity index (χ2n) is 4.66. The number of nitrogens with two attached hydrogens (primary N) is 1. The zero-order valence-corrected chi connectivity index (χ0v) is 11.4. The summed E-state index contributed by atoms with van der Waals surface area (Å²) in [6.07, 6.45) is 0.348. The van der Waals surface area contributed by atoms with E-state index in [2.05, 4.69) is 20.8 Å². The number of carbonyl (C=O) groups excluding carboxylic acids is 1. The lowest BCUT2D eigenvalue weighted by atomic mass is 10.0. The molecule has 9 heteroatoms. The molecular formula is C11H19N5O4. The van der Waals surface area contributed by atoms with Crippen molar-refractivity contribution in [2.45, 2.75) is 39.4 Å². The highest BCUT2D eigenvalue weighted by atomic mass is 16.5. The van der Waals surface area contributed by atoms with Crippen LogP contribution in [0.25, 0.3) is 0 Å². The van der Waals surface area contributed by atoms with Crippen LogP contribution in [-0.4, -0.2) is 33.3 Å². The van der Waals surface area contributed by atoms with Crippen LogP contribution in [0.1, 0.15) is 32.0 Å². The molecule has 0 aliphatic rings. The van der Waals surface area contributed by atoms with Crippen molar-refractivity contribution in [3.8, 4) is 0 Å². The first-order valence-corrected chi connectivity index (χ1v) is 6.21. The van der Waals surface area contributed by atoms with Crippen LogP contribution in [0.2, 0.25) is 0 Å². The minimum absolute atomic E-state index is 0.00680. The van der Waals surface area contributed by atoms with Crippen LogP contribution in [0.5, 0.6) is 0 Å². The van der Waals surface area contributed by atoms with Gasteiger partial charge in [-0.15, -0.1) is 0 Å². The van der Waals surface area contributed by atoms with E-state index in [1.165, 1.54) is 0 Å². The van der Waals surface area contributed by atoms with Crippen LogP contribution < -0.4 is 16.4 Å². The number of aliphatic carboxylic acids is 1. The summed E-state index contributed by atoms with van der Waals surface area (Å²) in [5.41, 5.74) is 5.31. The summed E-state index contributed by atoms with van der Waals surface area (Å²) in [4.78, 5) is 26.5. The van der Waals surface area contributed by atoms with Crippen LogP contribution in [0.15, 0.2) is 4.52 Å². The lowest BCUT2D eigenvalue weighted by Gasteiger charge is -2.16. The van der Waals surface area contributed by atoms with E-state index in [-0.39, 0.29) is 24.9 Å². The molecule has 0 aliphatic heterocycles. The van der Waals surface area contributed by atoms with Crippen molar-refractivity contribution >= 4 is 12.0 Å². The van der Waals surface area contributed by atoms with Gasteiger partial charge in [-0.25, -0.2) is 9.59 Å². The molecule has 1 aromatic heterocycles. The quantitative estimate of drug-likeness (QED) is 0.544. The van der Waals surface area contributed by atoms with Crippen LogP contribution in [0, 0.1) is 5.92 Å². The van der Waals surface area contributed by atoms with Gasteiger partial charge in [0.15, 0.2) is 5.82 Å². The molecule has 1 unspecified atom stereocenters. The summed E-state index contributed by atoms with van der Waals surface area (Å²) in [5, 5.41) is 17.4. The fraction of sp³-hybridized carbons (Fsp3) is 0.636. The Kier molecular flexibility index (Phi) is 5.91. The highest BCUT2D eigenvalue weighted by molar-refractivity contribution is 5.82. The summed E-state index contributed by atoms with van der Waals surface area (Å²) in [6, 6.07) is -1.54. The molecule has 1 rings (SSSR count). The molecule has 0 aromatic carbocycles. The maximum atomic E-state index is 11.6. The summed E-state index contributed by atoms with van der Waals surface area (Å²) >= 11 is 0. The van der Waals surface area contributed by atoms with Crippen molar-refractivity contribution in [2.24, 2.45) is 11.7 Å². The fourth-order valence-corrected chi connectivity index (χ4v) is 1.50. The van der Waals surface area contributed by atoms with Crippen LogP contribution in [0.4, 0.5) is 4.79 Å². The molecule has 0 saturated carbocycles. The number of hydrogen-bond donors (Lipinski definition) is 4. The zero-order valence-electron chi connectivity index (χ0n) is 11.4. The number of carbonyl (C=O) groups is 2. The number of nitrogens with zero attached hydrogens (tertiary/aromatic N) is 2. The second-order valence-corrected chi connectivity index (χ2v) is 4.66. The van der Waals surface area contributed by atoms with Gasteiger partial charge in [-0.05, 0) is 12.3 Å². The van der Waals surface area contributed by atoms with E-state index in [9.17, 15) is 9.59 Å². The maximum absolute atomic E-state index is 11.6. The average Bonchev–Trinajstić information content (AvgIpc) is 2.83. The summed E-state index contributed by atoms with van der Waals surface area (Å²) in [5.74, 6) is -0.377. The molecule has 1 atom stereocenters. The third-order valence-corrected chi connectivity index (χ3v) is 2.40. The Labute approximate surface area is 115 Å². The minimum atomic E-state index is -1.07. The number of nitrogens with one attached hydrogen (secondary N) is 2. The van der Waals surface area contributed by atoms with Crippen LogP contribution >= 0.6 is 0 Å². The Balaban J connectivity index is 2.43. The molecule has 0 radical (unpaired) electrons. The van der Waals surface area contributed by atoms with Gasteiger partial charge in [-0.1, -0.05) is 19.0 Å². The fourth-order valence-electron chi connectivity index (χ4n) is 1.50. The van der Waals surface area contributed by atoms with Crippen molar-refractivity contribution in [3.05, 3.63) is 11.7 Å². The van der Waals surface area contributed by atoms with E-state index >= 15 is 0 Å². The SMILES string of the molecule is CC(C)CC(NC(=O)NCc1nc(CN)no1)C(=O)O. The Morgan fingerprint density at radius 2 is 2.15 bits per heavy atom. The molecule has 112 valence electrons. The molecule has 0 saturated heterocycles. The van der Waals surface area contributed by atoms with Gasteiger partial charge in [-0.2, -0.15) is 4.98 Å². The van der Waals surface area contributed by atoms with Crippen molar-refractivity contribution in [1.82, 2.24) is 20.8 Å². The number of rotatable bonds is 7. The van der Waals surface area contributed by atoms with Crippen LogP contribution in [-0.2, 0) is 17.9 Å². The number of urea groups is 1. The molecule has 1 heterocycles. The van der Waals surface area contributed by atoms with Gasteiger partial charge in [0.1, 0.15) is 6.04 Å². The van der Waals surface area contributed by atoms with Crippen molar-refractivity contribution in [2.75, 3.05) is 0 Å². The monoisotopic (exact) mass is 285 g/mol. The zero-order chi connectivity index (χ0) is 15.1. The molecule has 9 nitrogen and oxygen atoms in total. The molecule has 2 amide bonds. The van der Waals surface area contributed by atoms with Gasteiger partial charge in [0.25, 0.3) is 0 Å². The van der Waals surface area contributed by atoms with Gasteiger partial charge >= 0.3 is 12.0 Å². The van der Waals surface area contributed by atoms with Gasteiger partial charge in [0, 0.05) is 0 Å². The summed E-state index contributed by atoms with van der Waals surface area (Å²) in [6.45, 7) is 3.91. The van der Waals surface area contributed by atoms with E-state index < -0.39 is 18.0 Å². The van der Waals surface area contributed by atoms with E-state index in [1.807, 2.05) is 13.8 Å². The number of amides is 2. The summed E-state index contributed by atoms with van der Waals surface area (Å²) < 4.78 is 4.82. The Morgan fingerprint density at radius 1 is 1.45 bits per heavy atom. The Hall–Kier alpha value is -2.16. The number of carboxylic acid groups (broad SMARTS) is 1. The third-order valence-electron chi connectivity index (χ3n) is 2.40. The van der Waals surface area contributed by atoms with Gasteiger partial charge in [0.05, 0.1) is 13.1 Å². The first-order valence-electron chi connectivity index (χ1n) is 6.21. The molecule has 1 aromatic rings. The number of hydrogen-bond acceptors (Lipinski definition) is 6. The number of aromatic nitrogens is 2. The minimum Gasteiger partial charge on any atom is -0.480 e. The first-order chi connectivity index (χ1) is 9.42. The highest BCUT2D eigenvalue weighted by Crippen LogP contribution is 2.04. The predicted molar refractivity (Wildman–Crippen MR) is 68.4 cm³/mol. The lowest BCUT2D eigenvalue weighted by Crippen LogP contribution is -2.46. The molecule has 20 heavy (non-hydrogen) atoms. The van der Waals surface area contributed by atoms with Crippen molar-refractivity contribution in [3.63, 3.8) is 0 Å². The molecular weight excluding hydrogens is 266 g/mol. The Morgan fingerprint density at radius 3 is 2.65 bits per heavy atom. The first kappa shape index (κ1) is 15.9.